The van der Waals surface area contributed by atoms with Crippen LogP contribution in [0.25, 0.3) is 0 Å². The van der Waals surface area contributed by atoms with Gasteiger partial charge in [-0.05, 0) is 43.2 Å². The van der Waals surface area contributed by atoms with Gasteiger partial charge in [0.25, 0.3) is 15.9 Å². The van der Waals surface area contributed by atoms with Crippen molar-refractivity contribution in [2.24, 2.45) is 0 Å². The number of carbonyl (C=O) groups is 1. The molecule has 2 aromatic rings. The van der Waals surface area contributed by atoms with E-state index in [1.807, 2.05) is 18.2 Å². The molecule has 1 aliphatic rings. The number of nitrogens with one attached hydrogen (secondary N) is 1. The lowest BCUT2D eigenvalue weighted by Crippen LogP contribution is -2.31. The second-order valence-corrected chi connectivity index (χ2v) is 10.7. The summed E-state index contributed by atoms with van der Waals surface area (Å²) >= 11 is 4.42. The average molecular weight is 487 g/mol. The summed E-state index contributed by atoms with van der Waals surface area (Å²) < 4.78 is 33.7. The van der Waals surface area contributed by atoms with Gasteiger partial charge in [-0.1, -0.05) is 28.8 Å². The van der Waals surface area contributed by atoms with E-state index in [1.165, 1.54) is 6.07 Å². The van der Waals surface area contributed by atoms with Crippen LogP contribution in [-0.4, -0.2) is 38.8 Å². The van der Waals surface area contributed by atoms with Crippen molar-refractivity contribution >= 4 is 43.2 Å². The van der Waals surface area contributed by atoms with E-state index < -0.39 is 10.0 Å². The number of thiophene rings is 1. The highest BCUT2D eigenvalue weighted by atomic mass is 79.9. The van der Waals surface area contributed by atoms with E-state index in [-0.39, 0.29) is 16.7 Å². The SMILES string of the molecule is COc1ccc(Br)cc1CNC(=O)c1ccc(S(=O)(=O)N2CCCCCC2)s1. The third kappa shape index (κ3) is 4.94. The topological polar surface area (TPSA) is 75.7 Å². The molecule has 1 N–H and O–H groups in total. The summed E-state index contributed by atoms with van der Waals surface area (Å²) in [5.74, 6) is 0.378. The lowest BCUT2D eigenvalue weighted by molar-refractivity contribution is 0.0954. The third-order valence-corrected chi connectivity index (χ3v) is 8.59. The van der Waals surface area contributed by atoms with Gasteiger partial charge in [0.05, 0.1) is 12.0 Å². The molecule has 1 saturated heterocycles. The van der Waals surface area contributed by atoms with E-state index in [2.05, 4.69) is 21.2 Å². The fourth-order valence-electron chi connectivity index (χ4n) is 3.14. The van der Waals surface area contributed by atoms with Gasteiger partial charge in [0.1, 0.15) is 9.96 Å². The van der Waals surface area contributed by atoms with Crippen LogP contribution in [0.2, 0.25) is 0 Å². The molecule has 6 nitrogen and oxygen atoms in total. The van der Waals surface area contributed by atoms with Crippen molar-refractivity contribution in [3.8, 4) is 5.75 Å². The van der Waals surface area contributed by atoms with Crippen molar-refractivity contribution in [2.75, 3.05) is 20.2 Å². The van der Waals surface area contributed by atoms with Crippen LogP contribution in [0, 0.1) is 0 Å². The van der Waals surface area contributed by atoms with Crippen molar-refractivity contribution in [1.82, 2.24) is 9.62 Å². The molecule has 3 rings (SSSR count). The summed E-state index contributed by atoms with van der Waals surface area (Å²) in [6.45, 7) is 1.38. The number of nitrogens with zero attached hydrogens (tertiary/aromatic N) is 1. The van der Waals surface area contributed by atoms with Gasteiger partial charge in [-0.2, -0.15) is 4.31 Å². The first-order valence-electron chi connectivity index (χ1n) is 9.12. The Morgan fingerprint density at radius 2 is 1.89 bits per heavy atom. The van der Waals surface area contributed by atoms with Crippen LogP contribution in [-0.2, 0) is 16.6 Å². The molecule has 1 fully saturated rings. The number of halogens is 1. The Bertz CT molecular complexity index is 935. The normalized spacial score (nSPS) is 15.8. The van der Waals surface area contributed by atoms with Crippen molar-refractivity contribution in [3.05, 3.63) is 45.2 Å². The first-order valence-corrected chi connectivity index (χ1v) is 12.2. The molecule has 0 aliphatic carbocycles. The van der Waals surface area contributed by atoms with Crippen molar-refractivity contribution in [3.63, 3.8) is 0 Å². The zero-order valence-corrected chi connectivity index (χ0v) is 18.8. The first-order chi connectivity index (χ1) is 13.4. The molecule has 0 bridgehead atoms. The summed E-state index contributed by atoms with van der Waals surface area (Å²) in [7, 11) is -1.96. The molecule has 152 valence electrons. The molecule has 1 amide bonds. The van der Waals surface area contributed by atoms with Crippen LogP contribution in [0.15, 0.2) is 39.0 Å². The van der Waals surface area contributed by atoms with Gasteiger partial charge in [0, 0.05) is 29.7 Å². The Balaban J connectivity index is 1.69. The molecule has 0 unspecified atom stereocenters. The van der Waals surface area contributed by atoms with Gasteiger partial charge in [0.2, 0.25) is 0 Å². The summed E-state index contributed by atoms with van der Waals surface area (Å²) in [6.07, 6.45) is 3.88. The molecule has 1 aromatic heterocycles. The molecule has 0 spiro atoms. The van der Waals surface area contributed by atoms with Crippen LogP contribution in [0.3, 0.4) is 0 Å². The van der Waals surface area contributed by atoms with E-state index in [1.54, 1.807) is 17.5 Å². The lowest BCUT2D eigenvalue weighted by Gasteiger charge is -2.18. The van der Waals surface area contributed by atoms with Crippen LogP contribution in [0.5, 0.6) is 5.75 Å². The zero-order valence-electron chi connectivity index (χ0n) is 15.6. The maximum Gasteiger partial charge on any atom is 0.261 e. The van der Waals surface area contributed by atoms with Gasteiger partial charge in [-0.25, -0.2) is 8.42 Å². The summed E-state index contributed by atoms with van der Waals surface area (Å²) in [5.41, 5.74) is 0.833. The average Bonchev–Trinajstić information content (AvgIpc) is 3.02. The van der Waals surface area contributed by atoms with Crippen molar-refractivity contribution in [2.45, 2.75) is 36.4 Å². The molecule has 0 saturated carbocycles. The fourth-order valence-corrected chi connectivity index (χ4v) is 6.44. The Hall–Kier alpha value is -1.42. The Labute approximate surface area is 178 Å². The number of carbonyl (C=O) groups excluding carboxylic acids is 1. The molecule has 1 aliphatic heterocycles. The maximum atomic E-state index is 12.9. The van der Waals surface area contributed by atoms with Crippen LogP contribution in [0.4, 0.5) is 0 Å². The second-order valence-electron chi connectivity index (χ2n) is 6.58. The fraction of sp³-hybridized carbons (Fsp3) is 0.421. The zero-order chi connectivity index (χ0) is 20.1. The molecular weight excluding hydrogens is 464 g/mol. The number of amides is 1. The van der Waals surface area contributed by atoms with Crippen LogP contribution < -0.4 is 10.1 Å². The van der Waals surface area contributed by atoms with Gasteiger partial charge in [0.15, 0.2) is 0 Å². The van der Waals surface area contributed by atoms with E-state index in [0.717, 1.165) is 47.1 Å². The Morgan fingerprint density at radius 3 is 2.57 bits per heavy atom. The highest BCUT2D eigenvalue weighted by Gasteiger charge is 2.27. The number of ether oxygens (including phenoxy) is 1. The van der Waals surface area contributed by atoms with Gasteiger partial charge in [-0.3, -0.25) is 4.79 Å². The lowest BCUT2D eigenvalue weighted by atomic mass is 10.2. The second kappa shape index (κ2) is 9.39. The summed E-state index contributed by atoms with van der Waals surface area (Å²) in [4.78, 5) is 12.9. The largest absolute Gasteiger partial charge is 0.496 e. The van der Waals surface area contributed by atoms with E-state index in [0.29, 0.717) is 23.7 Å². The maximum absolute atomic E-state index is 12.9. The smallest absolute Gasteiger partial charge is 0.261 e. The Morgan fingerprint density at radius 1 is 1.18 bits per heavy atom. The van der Waals surface area contributed by atoms with Crippen LogP contribution in [0.1, 0.15) is 40.9 Å². The number of hydrogen-bond acceptors (Lipinski definition) is 5. The van der Waals surface area contributed by atoms with Crippen LogP contribution >= 0.6 is 27.3 Å². The molecule has 2 heterocycles. The summed E-state index contributed by atoms with van der Waals surface area (Å²) in [6, 6.07) is 8.66. The minimum Gasteiger partial charge on any atom is -0.496 e. The minimum absolute atomic E-state index is 0.222. The molecule has 0 atom stereocenters. The van der Waals surface area contributed by atoms with Gasteiger partial charge < -0.3 is 10.1 Å². The highest BCUT2D eigenvalue weighted by molar-refractivity contribution is 9.10. The molecule has 1 aromatic carbocycles. The number of benzene rings is 1. The summed E-state index contributed by atoms with van der Waals surface area (Å²) in [5, 5.41) is 2.83. The quantitative estimate of drug-likeness (QED) is 0.668. The van der Waals surface area contributed by atoms with Crippen molar-refractivity contribution in [1.29, 1.82) is 0 Å². The number of hydrogen-bond donors (Lipinski definition) is 1. The molecule has 28 heavy (non-hydrogen) atoms. The van der Waals surface area contributed by atoms with Gasteiger partial charge in [-0.15, -0.1) is 11.3 Å². The predicted octanol–water partition coefficient (Wildman–Crippen LogP) is 4.01. The van der Waals surface area contributed by atoms with Crippen molar-refractivity contribution < 1.29 is 17.9 Å². The first kappa shape index (κ1) is 21.3. The number of rotatable bonds is 6. The highest BCUT2D eigenvalue weighted by Crippen LogP contribution is 2.27. The van der Waals surface area contributed by atoms with E-state index in [4.69, 9.17) is 4.74 Å². The van der Waals surface area contributed by atoms with E-state index >= 15 is 0 Å². The number of methoxy groups -OCH3 is 1. The van der Waals surface area contributed by atoms with E-state index in [9.17, 15) is 13.2 Å². The van der Waals surface area contributed by atoms with Gasteiger partial charge >= 0.3 is 0 Å². The molecule has 9 heteroatoms. The monoisotopic (exact) mass is 486 g/mol. The third-order valence-electron chi connectivity index (χ3n) is 4.65. The standard InChI is InChI=1S/C19H23BrN2O4S2/c1-26-16-7-6-15(20)12-14(16)13-21-19(23)17-8-9-18(27-17)28(24,25)22-10-4-2-3-5-11-22/h6-9,12H,2-5,10-11,13H2,1H3,(H,21,23). The Kier molecular flexibility index (Phi) is 7.14. The number of sulfonamides is 1. The minimum atomic E-state index is -3.54. The molecular formula is C19H23BrN2O4S2. The molecule has 0 radical (unpaired) electrons. The predicted molar refractivity (Wildman–Crippen MR) is 113 cm³/mol.